The van der Waals surface area contributed by atoms with E-state index in [9.17, 15) is 22.8 Å². The number of phosphoric acid groups is 1. The highest BCUT2D eigenvalue weighted by Crippen LogP contribution is 2.43. The van der Waals surface area contributed by atoms with Gasteiger partial charge in [0.15, 0.2) is 0 Å². The van der Waals surface area contributed by atoms with Crippen LogP contribution < -0.4 is 19.0 Å². The van der Waals surface area contributed by atoms with Crippen LogP contribution in [0.4, 0.5) is 5.69 Å². The molecule has 154 valence electrons. The van der Waals surface area contributed by atoms with Gasteiger partial charge >= 0.3 is 0 Å². The summed E-state index contributed by atoms with van der Waals surface area (Å²) < 4.78 is 43.9. The van der Waals surface area contributed by atoms with E-state index in [-0.39, 0.29) is 22.5 Å². The van der Waals surface area contributed by atoms with Crippen LogP contribution in [0.1, 0.15) is 56.2 Å². The van der Waals surface area contributed by atoms with Crippen molar-refractivity contribution in [3.05, 3.63) is 53.1 Å². The zero-order chi connectivity index (χ0) is 21.3. The highest BCUT2D eigenvalue weighted by Gasteiger charge is 2.23. The zero-order valence-corrected chi connectivity index (χ0v) is 18.1. The number of phosphoric ester groups is 1. The predicted molar refractivity (Wildman–Crippen MR) is 105 cm³/mol. The quantitative estimate of drug-likeness (QED) is 0.680. The van der Waals surface area contributed by atoms with Gasteiger partial charge in [0.25, 0.3) is 10.0 Å². The Balaban J connectivity index is 2.59. The van der Waals surface area contributed by atoms with Crippen molar-refractivity contribution in [2.45, 2.75) is 51.3 Å². The second-order valence-electron chi connectivity index (χ2n) is 7.21. The van der Waals surface area contributed by atoms with E-state index in [2.05, 4.69) is 9.25 Å². The van der Waals surface area contributed by atoms with Gasteiger partial charge in [-0.05, 0) is 48.6 Å². The van der Waals surface area contributed by atoms with Gasteiger partial charge in [-0.3, -0.25) is 4.72 Å². The van der Waals surface area contributed by atoms with Crippen LogP contribution in [-0.4, -0.2) is 8.42 Å². The fourth-order valence-corrected chi connectivity index (χ4v) is 4.52. The summed E-state index contributed by atoms with van der Waals surface area (Å²) in [6, 6.07) is 9.15. The van der Waals surface area contributed by atoms with Crippen molar-refractivity contribution in [3.63, 3.8) is 0 Å². The van der Waals surface area contributed by atoms with Gasteiger partial charge in [0.1, 0.15) is 13.6 Å². The molecule has 2 rings (SSSR count). The predicted octanol–water partition coefficient (Wildman–Crippen LogP) is 3.25. The molecule has 0 unspecified atom stereocenters. The third-order valence-electron chi connectivity index (χ3n) is 4.19. The number of hydrogen-bond acceptors (Lipinski definition) is 6. The van der Waals surface area contributed by atoms with Gasteiger partial charge in [-0.25, -0.2) is 8.42 Å². The van der Waals surface area contributed by atoms with Gasteiger partial charge in [0.2, 0.25) is 0 Å². The van der Waals surface area contributed by atoms with E-state index in [1.54, 1.807) is 12.1 Å². The Morgan fingerprint density at radius 3 is 1.93 bits per heavy atom. The van der Waals surface area contributed by atoms with Crippen LogP contribution in [0.15, 0.2) is 41.3 Å². The largest absolute Gasteiger partial charge is 0.780 e. The summed E-state index contributed by atoms with van der Waals surface area (Å²) in [5.74, 6) is -0.442. The number of nitrogens with one attached hydrogen (secondary N) is 1. The van der Waals surface area contributed by atoms with E-state index >= 15 is 0 Å². The van der Waals surface area contributed by atoms with Crippen LogP contribution in [0.3, 0.4) is 0 Å². The first-order valence-electron chi connectivity index (χ1n) is 8.79. The molecule has 0 radical (unpaired) electrons. The van der Waals surface area contributed by atoms with Gasteiger partial charge in [0.05, 0.1) is 10.6 Å². The summed E-state index contributed by atoms with van der Waals surface area (Å²) in [7, 11) is -9.10. The maximum atomic E-state index is 12.8. The molecular formula is C19H24NO6PS-2. The van der Waals surface area contributed by atoms with Crippen LogP contribution in [0.25, 0.3) is 0 Å². The smallest absolute Gasteiger partial charge is 0.261 e. The topological polar surface area (TPSA) is 119 Å². The highest BCUT2D eigenvalue weighted by molar-refractivity contribution is 7.92. The van der Waals surface area contributed by atoms with E-state index in [0.717, 1.165) is 5.56 Å². The summed E-state index contributed by atoms with van der Waals surface area (Å²) in [5, 5.41) is 0. The van der Waals surface area contributed by atoms with Crippen molar-refractivity contribution in [1.82, 2.24) is 0 Å². The summed E-state index contributed by atoms with van der Waals surface area (Å²) in [4.78, 5) is 22.4. The standard InChI is InChI=1S/C19H26NO6PS/c1-12(2)18-16(20-28(24,25)15-8-6-14(5)7-9-15)10-11-17(19(18)13(3)4)26-27(21,22)23/h6-13,20H,1-5H3,(H2,21,22,23)/p-2. The van der Waals surface area contributed by atoms with E-state index in [1.165, 1.54) is 24.3 Å². The molecule has 0 aromatic heterocycles. The normalized spacial score (nSPS) is 12.5. The molecular weight excluding hydrogens is 401 g/mol. The first-order valence-corrected chi connectivity index (χ1v) is 11.7. The highest BCUT2D eigenvalue weighted by atomic mass is 32.2. The Kier molecular flexibility index (Phi) is 6.61. The molecule has 0 saturated heterocycles. The van der Waals surface area contributed by atoms with Crippen LogP contribution in [0.5, 0.6) is 5.75 Å². The second kappa shape index (κ2) is 8.25. The molecule has 0 fully saturated rings. The number of sulfonamides is 1. The molecule has 0 spiro atoms. The summed E-state index contributed by atoms with van der Waals surface area (Å²) >= 11 is 0. The Labute approximate surface area is 166 Å². The molecule has 0 aliphatic heterocycles. The average molecular weight is 425 g/mol. The molecule has 28 heavy (non-hydrogen) atoms. The van der Waals surface area contributed by atoms with Crippen LogP contribution in [-0.2, 0) is 14.6 Å². The Morgan fingerprint density at radius 1 is 0.929 bits per heavy atom. The van der Waals surface area contributed by atoms with Gasteiger partial charge in [0, 0.05) is 5.56 Å². The molecule has 2 aromatic carbocycles. The molecule has 0 bridgehead atoms. The van der Waals surface area contributed by atoms with E-state index in [0.29, 0.717) is 16.8 Å². The first kappa shape index (κ1) is 22.4. The molecule has 2 aromatic rings. The third-order valence-corrected chi connectivity index (χ3v) is 5.99. The van der Waals surface area contributed by atoms with Crippen molar-refractivity contribution < 1.29 is 27.3 Å². The Morgan fingerprint density at radius 2 is 1.46 bits per heavy atom. The van der Waals surface area contributed by atoms with E-state index in [4.69, 9.17) is 0 Å². The maximum Gasteiger partial charge on any atom is 0.261 e. The maximum absolute atomic E-state index is 12.8. The van der Waals surface area contributed by atoms with Gasteiger partial charge in [-0.2, -0.15) is 0 Å². The van der Waals surface area contributed by atoms with E-state index < -0.39 is 17.8 Å². The fraction of sp³-hybridized carbons (Fsp3) is 0.368. The number of hydrogen-bond donors (Lipinski definition) is 1. The Bertz CT molecular complexity index is 994. The Hall–Kier alpha value is -1.86. The minimum absolute atomic E-state index is 0.0784. The van der Waals surface area contributed by atoms with Crippen molar-refractivity contribution >= 4 is 23.5 Å². The summed E-state index contributed by atoms with van der Waals surface area (Å²) in [6.07, 6.45) is 0. The van der Waals surface area contributed by atoms with Crippen molar-refractivity contribution in [2.75, 3.05) is 4.72 Å². The lowest BCUT2D eigenvalue weighted by molar-refractivity contribution is -0.333. The fourth-order valence-electron chi connectivity index (χ4n) is 3.04. The van der Waals surface area contributed by atoms with Crippen molar-refractivity contribution in [3.8, 4) is 5.75 Å². The van der Waals surface area contributed by atoms with Gasteiger partial charge < -0.3 is 18.9 Å². The SMILES string of the molecule is Cc1ccc(S(=O)(=O)Nc2ccc(OP(=O)([O-])[O-])c(C(C)C)c2C(C)C)cc1. The minimum Gasteiger partial charge on any atom is -0.780 e. The lowest BCUT2D eigenvalue weighted by Gasteiger charge is -2.32. The van der Waals surface area contributed by atoms with E-state index in [1.807, 2.05) is 34.6 Å². The molecule has 0 heterocycles. The summed E-state index contributed by atoms with van der Waals surface area (Å²) in [5.41, 5.74) is 2.31. The van der Waals surface area contributed by atoms with Gasteiger partial charge in [-0.1, -0.05) is 45.4 Å². The van der Waals surface area contributed by atoms with Crippen LogP contribution >= 0.6 is 7.82 Å². The van der Waals surface area contributed by atoms with Gasteiger partial charge in [-0.15, -0.1) is 0 Å². The second-order valence-corrected chi connectivity index (χ2v) is 9.96. The van der Waals surface area contributed by atoms with Crippen LogP contribution in [0.2, 0.25) is 0 Å². The lowest BCUT2D eigenvalue weighted by Crippen LogP contribution is -2.20. The van der Waals surface area contributed by atoms with Crippen molar-refractivity contribution in [1.29, 1.82) is 0 Å². The minimum atomic E-state index is -5.25. The number of rotatable bonds is 7. The van der Waals surface area contributed by atoms with Crippen LogP contribution in [0, 0.1) is 6.92 Å². The first-order chi connectivity index (χ1) is 12.8. The molecule has 0 saturated carbocycles. The number of benzene rings is 2. The summed E-state index contributed by atoms with van der Waals surface area (Å²) in [6.45, 7) is 9.18. The monoisotopic (exact) mass is 425 g/mol. The molecule has 0 aliphatic rings. The lowest BCUT2D eigenvalue weighted by atomic mass is 9.88. The zero-order valence-electron chi connectivity index (χ0n) is 16.4. The third kappa shape index (κ3) is 5.35. The number of anilines is 1. The molecule has 0 aliphatic carbocycles. The molecule has 7 nitrogen and oxygen atoms in total. The molecule has 1 N–H and O–H groups in total. The molecule has 9 heteroatoms. The average Bonchev–Trinajstić information content (AvgIpc) is 2.54. The molecule has 0 atom stereocenters. The number of aryl methyl sites for hydroxylation is 1. The van der Waals surface area contributed by atoms with Crippen molar-refractivity contribution in [2.24, 2.45) is 0 Å². The molecule has 0 amide bonds.